The number of benzene rings is 1. The van der Waals surface area contributed by atoms with E-state index < -0.39 is 23.8 Å². The lowest BCUT2D eigenvalue weighted by Crippen LogP contribution is -2.39. The van der Waals surface area contributed by atoms with Crippen molar-refractivity contribution in [2.45, 2.75) is 19.2 Å². The molecule has 2 rings (SSSR count). The fourth-order valence-corrected chi connectivity index (χ4v) is 1.71. The first-order valence-electron chi connectivity index (χ1n) is 5.70. The summed E-state index contributed by atoms with van der Waals surface area (Å²) in [5.41, 5.74) is -0.397. The van der Waals surface area contributed by atoms with Crippen LogP contribution in [0.1, 0.15) is 12.5 Å². The van der Waals surface area contributed by atoms with Gasteiger partial charge in [-0.05, 0) is 25.1 Å². The first-order valence-corrected chi connectivity index (χ1v) is 5.70. The van der Waals surface area contributed by atoms with E-state index in [1.165, 1.54) is 6.07 Å². The predicted octanol–water partition coefficient (Wildman–Crippen LogP) is 2.44. The van der Waals surface area contributed by atoms with E-state index >= 15 is 0 Å². The molecule has 0 amide bonds. The molecule has 0 fully saturated rings. The first kappa shape index (κ1) is 13.5. The minimum atomic E-state index is -4.45. The number of esters is 1. The number of rotatable bonds is 2. The van der Waals surface area contributed by atoms with Crippen molar-refractivity contribution in [3.63, 3.8) is 0 Å². The summed E-state index contributed by atoms with van der Waals surface area (Å²) in [7, 11) is 0. The third kappa shape index (κ3) is 2.91. The Bertz CT molecular complexity index is 488. The topological polar surface area (TPSA) is 47.6 Å². The lowest BCUT2D eigenvalue weighted by molar-refractivity contribution is -0.150. The highest BCUT2D eigenvalue weighted by Gasteiger charge is 2.33. The highest BCUT2D eigenvalue weighted by atomic mass is 19.4. The molecule has 0 aromatic heterocycles. The molecule has 1 N–H and O–H groups in total. The smallest absolute Gasteiger partial charge is 0.416 e. The van der Waals surface area contributed by atoms with Crippen LogP contribution in [0.2, 0.25) is 0 Å². The van der Waals surface area contributed by atoms with Crippen molar-refractivity contribution in [1.29, 1.82) is 0 Å². The number of anilines is 1. The Labute approximate surface area is 107 Å². The zero-order valence-corrected chi connectivity index (χ0v) is 10.1. The quantitative estimate of drug-likeness (QED) is 0.842. The Morgan fingerprint density at radius 2 is 2.26 bits per heavy atom. The number of hydrogen-bond acceptors (Lipinski definition) is 4. The van der Waals surface area contributed by atoms with Gasteiger partial charge in [0.1, 0.15) is 5.75 Å². The minimum absolute atomic E-state index is 0.000807. The number of carbonyl (C=O) groups is 1. The van der Waals surface area contributed by atoms with Gasteiger partial charge in [0.15, 0.2) is 0 Å². The fourth-order valence-electron chi connectivity index (χ4n) is 1.71. The highest BCUT2D eigenvalue weighted by molar-refractivity contribution is 5.77. The standard InChI is InChI=1S/C12H12F3NO3/c1-2-18-11(17)10-6-16-8-4-3-7(12(13,14)15)5-9(8)19-10/h3-5,10,16H,2,6H2,1H3/t10-/m1/s1. The van der Waals surface area contributed by atoms with Gasteiger partial charge in [-0.1, -0.05) is 0 Å². The summed E-state index contributed by atoms with van der Waals surface area (Å²) in [4.78, 5) is 11.5. The molecular weight excluding hydrogens is 263 g/mol. The van der Waals surface area contributed by atoms with E-state index in [0.717, 1.165) is 12.1 Å². The van der Waals surface area contributed by atoms with Crippen LogP contribution in [0.4, 0.5) is 18.9 Å². The largest absolute Gasteiger partial charge is 0.475 e. The predicted molar refractivity (Wildman–Crippen MR) is 61.0 cm³/mol. The van der Waals surface area contributed by atoms with Gasteiger partial charge in [0.05, 0.1) is 24.4 Å². The molecule has 104 valence electrons. The summed E-state index contributed by atoms with van der Waals surface area (Å²) in [6, 6.07) is 3.10. The number of nitrogens with one attached hydrogen (secondary N) is 1. The lowest BCUT2D eigenvalue weighted by atomic mass is 10.1. The molecule has 7 heteroatoms. The number of carbonyl (C=O) groups excluding carboxylic acids is 1. The van der Waals surface area contributed by atoms with Crippen molar-refractivity contribution >= 4 is 11.7 Å². The molecule has 0 unspecified atom stereocenters. The van der Waals surface area contributed by atoms with E-state index in [4.69, 9.17) is 9.47 Å². The summed E-state index contributed by atoms with van der Waals surface area (Å²) < 4.78 is 47.7. The number of halogens is 3. The molecule has 1 atom stereocenters. The maximum atomic E-state index is 12.6. The number of fused-ring (bicyclic) bond motifs is 1. The number of ether oxygens (including phenoxy) is 2. The van der Waals surface area contributed by atoms with E-state index in [-0.39, 0.29) is 18.9 Å². The van der Waals surface area contributed by atoms with Gasteiger partial charge in [-0.25, -0.2) is 4.79 Å². The average Bonchev–Trinajstić information content (AvgIpc) is 2.36. The second-order valence-electron chi connectivity index (χ2n) is 3.95. The maximum absolute atomic E-state index is 12.6. The first-order chi connectivity index (χ1) is 8.91. The van der Waals surface area contributed by atoms with E-state index in [1.807, 2.05) is 0 Å². The number of hydrogen-bond donors (Lipinski definition) is 1. The number of alkyl halides is 3. The molecule has 0 saturated heterocycles. The van der Waals surface area contributed by atoms with Crippen molar-refractivity contribution in [2.24, 2.45) is 0 Å². The molecule has 4 nitrogen and oxygen atoms in total. The van der Waals surface area contributed by atoms with Gasteiger partial charge in [-0.3, -0.25) is 0 Å². The van der Waals surface area contributed by atoms with Gasteiger partial charge >= 0.3 is 12.1 Å². The Balaban J connectivity index is 2.21. The Morgan fingerprint density at radius 1 is 1.53 bits per heavy atom. The molecule has 1 aromatic carbocycles. The molecule has 1 aliphatic heterocycles. The van der Waals surface area contributed by atoms with Gasteiger partial charge in [0.2, 0.25) is 6.10 Å². The van der Waals surface area contributed by atoms with Gasteiger partial charge < -0.3 is 14.8 Å². The van der Waals surface area contributed by atoms with E-state index in [0.29, 0.717) is 5.69 Å². The van der Waals surface area contributed by atoms with Gasteiger partial charge in [0.25, 0.3) is 0 Å². The van der Waals surface area contributed by atoms with E-state index in [2.05, 4.69) is 5.32 Å². The van der Waals surface area contributed by atoms with Crippen LogP contribution in [0, 0.1) is 0 Å². The van der Waals surface area contributed by atoms with Crippen molar-refractivity contribution in [3.05, 3.63) is 23.8 Å². The monoisotopic (exact) mass is 275 g/mol. The van der Waals surface area contributed by atoms with Gasteiger partial charge in [-0.15, -0.1) is 0 Å². The van der Waals surface area contributed by atoms with Crippen LogP contribution in [0.3, 0.4) is 0 Å². The van der Waals surface area contributed by atoms with E-state index in [9.17, 15) is 18.0 Å². The Morgan fingerprint density at radius 3 is 2.89 bits per heavy atom. The molecule has 1 heterocycles. The molecule has 0 aliphatic carbocycles. The highest BCUT2D eigenvalue weighted by Crippen LogP contribution is 2.36. The van der Waals surface area contributed by atoms with Crippen LogP contribution < -0.4 is 10.1 Å². The van der Waals surface area contributed by atoms with Crippen molar-refractivity contribution < 1.29 is 27.4 Å². The lowest BCUT2D eigenvalue weighted by Gasteiger charge is -2.26. The summed E-state index contributed by atoms with van der Waals surface area (Å²) in [6.45, 7) is 2.00. The van der Waals surface area contributed by atoms with Crippen molar-refractivity contribution in [2.75, 3.05) is 18.5 Å². The SMILES string of the molecule is CCOC(=O)[C@H]1CNc2ccc(C(F)(F)F)cc2O1. The van der Waals surface area contributed by atoms with Crippen molar-refractivity contribution in [1.82, 2.24) is 0 Å². The van der Waals surface area contributed by atoms with Gasteiger partial charge in [-0.2, -0.15) is 13.2 Å². The fraction of sp³-hybridized carbons (Fsp3) is 0.417. The second-order valence-corrected chi connectivity index (χ2v) is 3.95. The zero-order chi connectivity index (χ0) is 14.0. The summed E-state index contributed by atoms with van der Waals surface area (Å²) >= 11 is 0. The zero-order valence-electron chi connectivity index (χ0n) is 10.1. The van der Waals surface area contributed by atoms with Crippen LogP contribution in [-0.2, 0) is 15.7 Å². The molecule has 0 radical (unpaired) electrons. The third-order valence-corrected chi connectivity index (χ3v) is 2.61. The van der Waals surface area contributed by atoms with Gasteiger partial charge in [0, 0.05) is 0 Å². The molecule has 0 bridgehead atoms. The average molecular weight is 275 g/mol. The molecule has 0 saturated carbocycles. The maximum Gasteiger partial charge on any atom is 0.416 e. The summed E-state index contributed by atoms with van der Waals surface area (Å²) in [5.74, 6) is -0.600. The van der Waals surface area contributed by atoms with Crippen LogP contribution >= 0.6 is 0 Å². The van der Waals surface area contributed by atoms with Crippen LogP contribution in [0.5, 0.6) is 5.75 Å². The molecule has 1 aliphatic rings. The third-order valence-electron chi connectivity index (χ3n) is 2.61. The van der Waals surface area contributed by atoms with Crippen molar-refractivity contribution in [3.8, 4) is 5.75 Å². The summed E-state index contributed by atoms with van der Waals surface area (Å²) in [5, 5.41) is 2.84. The molecule has 19 heavy (non-hydrogen) atoms. The second kappa shape index (κ2) is 4.99. The Hall–Kier alpha value is -1.92. The molecular formula is C12H12F3NO3. The van der Waals surface area contributed by atoms with E-state index in [1.54, 1.807) is 6.92 Å². The molecule has 1 aromatic rings. The normalized spacial score (nSPS) is 18.0. The minimum Gasteiger partial charge on any atom is -0.475 e. The molecule has 0 spiro atoms. The van der Waals surface area contributed by atoms with Crippen LogP contribution in [0.15, 0.2) is 18.2 Å². The van der Waals surface area contributed by atoms with Crippen LogP contribution in [-0.4, -0.2) is 25.2 Å². The van der Waals surface area contributed by atoms with Crippen LogP contribution in [0.25, 0.3) is 0 Å². The Kier molecular flexibility index (Phi) is 3.55. The summed E-state index contributed by atoms with van der Waals surface area (Å²) in [6.07, 6.45) is -5.38.